The Morgan fingerprint density at radius 1 is 1.17 bits per heavy atom. The molecule has 2 rings (SSSR count). The topological polar surface area (TPSA) is 45.8 Å². The highest BCUT2D eigenvalue weighted by molar-refractivity contribution is 4.66. The molecule has 2 aliphatic rings. The average Bonchev–Trinajstić information content (AvgIpc) is 2.79. The molecule has 0 amide bonds. The monoisotopic (exact) mass is 257 g/mol. The lowest BCUT2D eigenvalue weighted by Gasteiger charge is -2.20. The second-order valence-corrected chi connectivity index (χ2v) is 5.03. The third-order valence-corrected chi connectivity index (χ3v) is 3.48. The van der Waals surface area contributed by atoms with Gasteiger partial charge < -0.3 is 19.7 Å². The fourth-order valence-corrected chi connectivity index (χ4v) is 2.43. The van der Waals surface area contributed by atoms with Crippen LogP contribution >= 0.6 is 0 Å². The smallest absolute Gasteiger partial charge is 0.120 e. The van der Waals surface area contributed by atoms with E-state index in [2.05, 4.69) is 15.5 Å². The Balaban J connectivity index is 1.51. The fraction of sp³-hybridized carbons (Fsp3) is 1.00. The van der Waals surface area contributed by atoms with Crippen LogP contribution in [0.5, 0.6) is 0 Å². The summed E-state index contributed by atoms with van der Waals surface area (Å²) >= 11 is 0. The summed E-state index contributed by atoms with van der Waals surface area (Å²) in [4.78, 5) is 2.50. The lowest BCUT2D eigenvalue weighted by molar-refractivity contribution is 0.0425. The summed E-state index contributed by atoms with van der Waals surface area (Å²) in [5, 5.41) is 6.86. The van der Waals surface area contributed by atoms with Gasteiger partial charge in [0.05, 0.1) is 6.61 Å². The average molecular weight is 257 g/mol. The van der Waals surface area contributed by atoms with Crippen LogP contribution in [0.1, 0.15) is 19.3 Å². The van der Waals surface area contributed by atoms with E-state index in [1.807, 2.05) is 0 Å². The van der Waals surface area contributed by atoms with E-state index in [0.717, 1.165) is 59.0 Å². The molecule has 2 saturated heterocycles. The van der Waals surface area contributed by atoms with Gasteiger partial charge in [-0.25, -0.2) is 0 Å². The minimum absolute atomic E-state index is 0.194. The van der Waals surface area contributed by atoms with E-state index in [1.165, 1.54) is 19.4 Å². The van der Waals surface area contributed by atoms with Gasteiger partial charge in [-0.3, -0.25) is 5.32 Å². The van der Waals surface area contributed by atoms with Crippen molar-refractivity contribution < 1.29 is 9.47 Å². The van der Waals surface area contributed by atoms with Gasteiger partial charge in [0, 0.05) is 32.8 Å². The van der Waals surface area contributed by atoms with Crippen LogP contribution in [0.3, 0.4) is 0 Å². The van der Waals surface area contributed by atoms with Gasteiger partial charge in [-0.2, -0.15) is 0 Å². The van der Waals surface area contributed by atoms with Crippen LogP contribution < -0.4 is 10.6 Å². The molecule has 0 bridgehead atoms. The second kappa shape index (κ2) is 8.82. The molecule has 0 spiro atoms. The van der Waals surface area contributed by atoms with Crippen LogP contribution in [-0.2, 0) is 9.47 Å². The van der Waals surface area contributed by atoms with Gasteiger partial charge in [0.2, 0.25) is 0 Å². The molecule has 0 saturated carbocycles. The summed E-state index contributed by atoms with van der Waals surface area (Å²) < 4.78 is 11.2. The zero-order valence-corrected chi connectivity index (χ0v) is 11.3. The van der Waals surface area contributed by atoms with E-state index >= 15 is 0 Å². The van der Waals surface area contributed by atoms with Crippen molar-refractivity contribution in [2.75, 3.05) is 59.1 Å². The van der Waals surface area contributed by atoms with Gasteiger partial charge in [-0.1, -0.05) is 0 Å². The van der Waals surface area contributed by atoms with Crippen molar-refractivity contribution in [2.45, 2.75) is 25.5 Å². The molecule has 106 valence electrons. The van der Waals surface area contributed by atoms with E-state index < -0.39 is 0 Å². The first kappa shape index (κ1) is 14.2. The van der Waals surface area contributed by atoms with Gasteiger partial charge in [0.15, 0.2) is 0 Å². The highest BCUT2D eigenvalue weighted by atomic mass is 16.5. The largest absolute Gasteiger partial charge is 0.380 e. The molecule has 2 heterocycles. The maximum Gasteiger partial charge on any atom is 0.120 e. The highest BCUT2D eigenvalue weighted by Crippen LogP contribution is 2.00. The Labute approximate surface area is 110 Å². The van der Waals surface area contributed by atoms with Crippen molar-refractivity contribution >= 4 is 0 Å². The number of ether oxygens (including phenoxy) is 2. The summed E-state index contributed by atoms with van der Waals surface area (Å²) in [7, 11) is 0. The summed E-state index contributed by atoms with van der Waals surface area (Å²) in [6.07, 6.45) is 3.66. The van der Waals surface area contributed by atoms with E-state index in [0.29, 0.717) is 0 Å². The minimum Gasteiger partial charge on any atom is -0.380 e. The normalized spacial score (nSPS) is 27.7. The van der Waals surface area contributed by atoms with Crippen molar-refractivity contribution in [3.8, 4) is 0 Å². The van der Waals surface area contributed by atoms with Crippen molar-refractivity contribution in [1.29, 1.82) is 0 Å². The molecule has 0 aromatic carbocycles. The molecule has 5 nitrogen and oxygen atoms in total. The molecule has 1 unspecified atom stereocenters. The molecule has 0 radical (unpaired) electrons. The first-order valence-electron chi connectivity index (χ1n) is 7.31. The zero-order chi connectivity index (χ0) is 12.5. The molecule has 2 fully saturated rings. The molecule has 5 heteroatoms. The molecule has 0 aromatic heterocycles. The quantitative estimate of drug-likeness (QED) is 0.680. The third kappa shape index (κ3) is 5.63. The van der Waals surface area contributed by atoms with Crippen LogP contribution in [0.2, 0.25) is 0 Å². The summed E-state index contributed by atoms with van der Waals surface area (Å²) in [5.74, 6) is 0. The molecule has 18 heavy (non-hydrogen) atoms. The molecule has 2 aliphatic heterocycles. The van der Waals surface area contributed by atoms with Crippen molar-refractivity contribution in [3.63, 3.8) is 0 Å². The molecule has 0 aliphatic carbocycles. The zero-order valence-electron chi connectivity index (χ0n) is 11.3. The second-order valence-electron chi connectivity index (χ2n) is 5.03. The third-order valence-electron chi connectivity index (χ3n) is 3.48. The number of rotatable bonds is 5. The highest BCUT2D eigenvalue weighted by Gasteiger charge is 2.12. The van der Waals surface area contributed by atoms with Crippen molar-refractivity contribution in [3.05, 3.63) is 0 Å². The summed E-state index contributed by atoms with van der Waals surface area (Å²) in [6, 6.07) is 0. The minimum atomic E-state index is 0.194. The standard InChI is InChI=1S/C13H27N3O2/c1(6-16-7-3-9-17-11-8-16)5-15-13-12-14-4-2-10-18-13/h13-15H,1-12H2. The summed E-state index contributed by atoms with van der Waals surface area (Å²) in [5.41, 5.74) is 0. The van der Waals surface area contributed by atoms with Crippen molar-refractivity contribution in [1.82, 2.24) is 15.5 Å². The lowest BCUT2D eigenvalue weighted by Crippen LogP contribution is -2.40. The van der Waals surface area contributed by atoms with E-state index in [4.69, 9.17) is 9.47 Å². The van der Waals surface area contributed by atoms with E-state index in [1.54, 1.807) is 0 Å². The predicted molar refractivity (Wildman–Crippen MR) is 71.7 cm³/mol. The van der Waals surface area contributed by atoms with Gasteiger partial charge in [-0.15, -0.1) is 0 Å². The number of nitrogens with zero attached hydrogens (tertiary/aromatic N) is 1. The van der Waals surface area contributed by atoms with Crippen LogP contribution in [0.25, 0.3) is 0 Å². The van der Waals surface area contributed by atoms with Gasteiger partial charge in [0.25, 0.3) is 0 Å². The first-order chi connectivity index (χ1) is 8.95. The SMILES string of the molecule is C1CNCC(NCCCN2CCCOCC2)OC1. The Bertz CT molecular complexity index is 178. The molecular weight excluding hydrogens is 230 g/mol. The Morgan fingerprint density at radius 3 is 3.17 bits per heavy atom. The maximum absolute atomic E-state index is 5.71. The van der Waals surface area contributed by atoms with E-state index in [-0.39, 0.29) is 6.23 Å². The number of hydrogen-bond donors (Lipinski definition) is 2. The molecule has 1 atom stereocenters. The molecule has 0 aromatic rings. The van der Waals surface area contributed by atoms with Gasteiger partial charge in [-0.05, 0) is 38.9 Å². The van der Waals surface area contributed by atoms with Gasteiger partial charge in [0.1, 0.15) is 6.23 Å². The summed E-state index contributed by atoms with van der Waals surface area (Å²) in [6.45, 7) is 9.15. The maximum atomic E-state index is 5.71. The van der Waals surface area contributed by atoms with Crippen LogP contribution in [0.15, 0.2) is 0 Å². The lowest BCUT2D eigenvalue weighted by atomic mass is 10.3. The van der Waals surface area contributed by atoms with Crippen molar-refractivity contribution in [2.24, 2.45) is 0 Å². The van der Waals surface area contributed by atoms with Gasteiger partial charge >= 0.3 is 0 Å². The number of nitrogens with one attached hydrogen (secondary N) is 2. The van der Waals surface area contributed by atoms with Crippen LogP contribution in [-0.4, -0.2) is 70.2 Å². The van der Waals surface area contributed by atoms with E-state index in [9.17, 15) is 0 Å². The number of hydrogen-bond acceptors (Lipinski definition) is 5. The van der Waals surface area contributed by atoms with Crippen LogP contribution in [0, 0.1) is 0 Å². The Kier molecular flexibility index (Phi) is 6.97. The molecule has 2 N–H and O–H groups in total. The molecular formula is C13H27N3O2. The van der Waals surface area contributed by atoms with Crippen LogP contribution in [0.4, 0.5) is 0 Å². The Hall–Kier alpha value is -0.200. The fourth-order valence-electron chi connectivity index (χ4n) is 2.43. The first-order valence-corrected chi connectivity index (χ1v) is 7.31. The Morgan fingerprint density at radius 2 is 2.17 bits per heavy atom. The predicted octanol–water partition coefficient (Wildman–Crippen LogP) is 0.0244.